The van der Waals surface area contributed by atoms with Crippen LogP contribution < -0.4 is 0 Å². The predicted octanol–water partition coefficient (Wildman–Crippen LogP) is 2.75. The van der Waals surface area contributed by atoms with E-state index in [9.17, 15) is 9.90 Å². The number of hydrogen-bond acceptors (Lipinski definition) is 4. The van der Waals surface area contributed by atoms with E-state index in [0.29, 0.717) is 6.42 Å². The molecule has 1 aliphatic rings. The maximum atomic E-state index is 12.0. The summed E-state index contributed by atoms with van der Waals surface area (Å²) in [5, 5.41) is 15.2. The van der Waals surface area contributed by atoms with Crippen LogP contribution in [0.2, 0.25) is 0 Å². The highest BCUT2D eigenvalue weighted by molar-refractivity contribution is 9.10. The Kier molecular flexibility index (Phi) is 5.11. The van der Waals surface area contributed by atoms with Crippen LogP contribution in [0.15, 0.2) is 4.47 Å². The molecule has 1 aromatic heterocycles. The van der Waals surface area contributed by atoms with Gasteiger partial charge in [0.25, 0.3) is 0 Å². The maximum Gasteiger partial charge on any atom is 0.410 e. The summed E-state index contributed by atoms with van der Waals surface area (Å²) in [5.41, 5.74) is 0.534. The van der Waals surface area contributed by atoms with Crippen LogP contribution in [-0.4, -0.2) is 50.2 Å². The van der Waals surface area contributed by atoms with Gasteiger partial charge in [0, 0.05) is 13.0 Å². The van der Waals surface area contributed by atoms with Crippen molar-refractivity contribution >= 4 is 22.0 Å². The van der Waals surface area contributed by atoms with Gasteiger partial charge >= 0.3 is 6.09 Å². The predicted molar refractivity (Wildman–Crippen MR) is 91.4 cm³/mol. The maximum absolute atomic E-state index is 12.0. The van der Waals surface area contributed by atoms with Gasteiger partial charge < -0.3 is 14.7 Å². The number of nitrogens with zero attached hydrogens (tertiary/aromatic N) is 3. The standard InChI is InChI=1S/C16H26BrN3O3/c1-6-11-13(17)12(20(7-2)18-11)8-16(22)9-19(10-16)14(21)23-15(3,4)5/h22H,6-10H2,1-5H3. The number of rotatable bonds is 4. The van der Waals surface area contributed by atoms with E-state index in [0.717, 1.165) is 28.8 Å². The summed E-state index contributed by atoms with van der Waals surface area (Å²) in [7, 11) is 0. The molecule has 1 saturated heterocycles. The Morgan fingerprint density at radius 3 is 2.48 bits per heavy atom. The van der Waals surface area contributed by atoms with E-state index in [1.807, 2.05) is 32.4 Å². The molecule has 0 spiro atoms. The number of ether oxygens (including phenoxy) is 1. The first-order chi connectivity index (χ1) is 10.6. The van der Waals surface area contributed by atoms with Crippen LogP contribution in [-0.2, 0) is 24.1 Å². The van der Waals surface area contributed by atoms with Crippen molar-refractivity contribution in [1.82, 2.24) is 14.7 Å². The second kappa shape index (κ2) is 6.43. The minimum Gasteiger partial charge on any atom is -0.444 e. The molecule has 130 valence electrons. The van der Waals surface area contributed by atoms with Crippen LogP contribution >= 0.6 is 15.9 Å². The topological polar surface area (TPSA) is 67.6 Å². The molecule has 0 radical (unpaired) electrons. The Hall–Kier alpha value is -1.08. The number of hydrogen-bond donors (Lipinski definition) is 1. The van der Waals surface area contributed by atoms with Crippen molar-refractivity contribution in [2.24, 2.45) is 0 Å². The molecule has 7 heteroatoms. The SMILES string of the molecule is CCc1nn(CC)c(CC2(O)CN(C(=O)OC(C)(C)C)C2)c1Br. The highest BCUT2D eigenvalue weighted by atomic mass is 79.9. The van der Waals surface area contributed by atoms with Crippen LogP contribution in [0.3, 0.4) is 0 Å². The number of aliphatic hydroxyl groups is 1. The Morgan fingerprint density at radius 1 is 1.39 bits per heavy atom. The van der Waals surface area contributed by atoms with Gasteiger partial charge in [0.15, 0.2) is 0 Å². The summed E-state index contributed by atoms with van der Waals surface area (Å²) in [5.74, 6) is 0. The summed E-state index contributed by atoms with van der Waals surface area (Å²) < 4.78 is 8.20. The Labute approximate surface area is 145 Å². The van der Waals surface area contributed by atoms with Crippen molar-refractivity contribution in [2.75, 3.05) is 13.1 Å². The molecular weight excluding hydrogens is 362 g/mol. The number of aryl methyl sites for hydroxylation is 2. The molecule has 23 heavy (non-hydrogen) atoms. The molecule has 1 aromatic rings. The first-order valence-corrected chi connectivity index (χ1v) is 8.82. The Bertz CT molecular complexity index is 586. The van der Waals surface area contributed by atoms with Gasteiger partial charge in [-0.05, 0) is 50.0 Å². The Balaban J connectivity index is 2.03. The highest BCUT2D eigenvalue weighted by Gasteiger charge is 2.46. The second-order valence-electron chi connectivity index (χ2n) is 7.11. The quantitative estimate of drug-likeness (QED) is 0.862. The molecule has 0 bridgehead atoms. The number of β-amino-alcohol motifs (C(OH)–C–C–N with tert-alkyl or cyclic N) is 1. The van der Waals surface area contributed by atoms with Crippen LogP contribution in [0.1, 0.15) is 46.0 Å². The van der Waals surface area contributed by atoms with E-state index in [2.05, 4.69) is 28.0 Å². The van der Waals surface area contributed by atoms with E-state index in [1.165, 1.54) is 4.90 Å². The average Bonchev–Trinajstić information content (AvgIpc) is 2.70. The molecule has 6 nitrogen and oxygen atoms in total. The first kappa shape index (κ1) is 18.3. The molecule has 0 unspecified atom stereocenters. The largest absolute Gasteiger partial charge is 0.444 e. The minimum absolute atomic E-state index is 0.282. The van der Waals surface area contributed by atoms with E-state index in [4.69, 9.17) is 4.74 Å². The zero-order valence-electron chi connectivity index (χ0n) is 14.5. The lowest BCUT2D eigenvalue weighted by molar-refractivity contribution is -0.0983. The number of aromatic nitrogens is 2. The molecule has 0 aliphatic carbocycles. The van der Waals surface area contributed by atoms with Gasteiger partial charge in [-0.2, -0.15) is 5.10 Å². The molecule has 0 saturated carbocycles. The summed E-state index contributed by atoms with van der Waals surface area (Å²) in [4.78, 5) is 13.5. The van der Waals surface area contributed by atoms with Gasteiger partial charge in [-0.25, -0.2) is 4.79 Å². The van der Waals surface area contributed by atoms with E-state index < -0.39 is 11.2 Å². The molecule has 1 fully saturated rings. The summed E-state index contributed by atoms with van der Waals surface area (Å²) in [6, 6.07) is 0. The van der Waals surface area contributed by atoms with Gasteiger partial charge in [-0.15, -0.1) is 0 Å². The number of amides is 1. The van der Waals surface area contributed by atoms with Gasteiger partial charge in [-0.1, -0.05) is 6.92 Å². The van der Waals surface area contributed by atoms with Crippen molar-refractivity contribution in [3.8, 4) is 0 Å². The van der Waals surface area contributed by atoms with Gasteiger partial charge in [0.1, 0.15) is 11.2 Å². The van der Waals surface area contributed by atoms with Gasteiger partial charge in [-0.3, -0.25) is 4.68 Å². The average molecular weight is 388 g/mol. The molecule has 1 aliphatic heterocycles. The summed E-state index contributed by atoms with van der Waals surface area (Å²) in [6.07, 6.45) is 0.927. The Morgan fingerprint density at radius 2 is 2.00 bits per heavy atom. The highest BCUT2D eigenvalue weighted by Crippen LogP contribution is 2.31. The van der Waals surface area contributed by atoms with Gasteiger partial charge in [0.2, 0.25) is 0 Å². The van der Waals surface area contributed by atoms with Crippen LogP contribution in [0, 0.1) is 0 Å². The van der Waals surface area contributed by atoms with E-state index in [-0.39, 0.29) is 19.2 Å². The first-order valence-electron chi connectivity index (χ1n) is 8.03. The third-order valence-corrected chi connectivity index (χ3v) is 4.73. The number of carbonyl (C=O) groups excluding carboxylic acids is 1. The lowest BCUT2D eigenvalue weighted by Crippen LogP contribution is -2.65. The molecule has 0 atom stereocenters. The fourth-order valence-electron chi connectivity index (χ4n) is 2.73. The van der Waals surface area contributed by atoms with Crippen molar-refractivity contribution in [3.63, 3.8) is 0 Å². The van der Waals surface area contributed by atoms with Crippen LogP contribution in [0.5, 0.6) is 0 Å². The van der Waals surface area contributed by atoms with Crippen molar-refractivity contribution in [1.29, 1.82) is 0 Å². The molecule has 2 heterocycles. The number of likely N-dealkylation sites (tertiary alicyclic amines) is 1. The zero-order valence-corrected chi connectivity index (χ0v) is 16.1. The normalized spacial score (nSPS) is 17.1. The number of halogens is 1. The molecule has 0 aromatic carbocycles. The lowest BCUT2D eigenvalue weighted by atomic mass is 9.89. The van der Waals surface area contributed by atoms with Crippen LogP contribution in [0.4, 0.5) is 4.79 Å². The smallest absolute Gasteiger partial charge is 0.410 e. The lowest BCUT2D eigenvalue weighted by Gasteiger charge is -2.46. The second-order valence-corrected chi connectivity index (χ2v) is 7.91. The fourth-order valence-corrected chi connectivity index (χ4v) is 3.43. The third-order valence-electron chi connectivity index (χ3n) is 3.81. The fraction of sp³-hybridized carbons (Fsp3) is 0.750. The minimum atomic E-state index is -0.919. The summed E-state index contributed by atoms with van der Waals surface area (Å²) in [6.45, 7) is 10.9. The molecule has 2 rings (SSSR count). The monoisotopic (exact) mass is 387 g/mol. The van der Waals surface area contributed by atoms with Crippen LogP contribution in [0.25, 0.3) is 0 Å². The van der Waals surface area contributed by atoms with Crippen molar-refractivity contribution < 1.29 is 14.6 Å². The van der Waals surface area contributed by atoms with Crippen molar-refractivity contribution in [3.05, 3.63) is 15.9 Å². The van der Waals surface area contributed by atoms with E-state index >= 15 is 0 Å². The molecular formula is C16H26BrN3O3. The molecule has 1 N–H and O–H groups in total. The van der Waals surface area contributed by atoms with Gasteiger partial charge in [0.05, 0.1) is 29.0 Å². The number of carbonyl (C=O) groups is 1. The third kappa shape index (κ3) is 4.07. The van der Waals surface area contributed by atoms with E-state index in [1.54, 1.807) is 0 Å². The van der Waals surface area contributed by atoms with Crippen molar-refractivity contribution in [2.45, 2.75) is 65.2 Å². The molecule has 1 amide bonds. The zero-order chi connectivity index (χ0) is 17.4. The summed E-state index contributed by atoms with van der Waals surface area (Å²) >= 11 is 3.59.